The van der Waals surface area contributed by atoms with E-state index in [2.05, 4.69) is 117 Å². The molecule has 34 heavy (non-hydrogen) atoms. The molecule has 0 spiro atoms. The van der Waals surface area contributed by atoms with Gasteiger partial charge in [0, 0.05) is 0 Å². The van der Waals surface area contributed by atoms with Crippen molar-refractivity contribution < 1.29 is 20.4 Å². The molecule has 0 saturated carbocycles. The van der Waals surface area contributed by atoms with Crippen molar-refractivity contribution in [3.05, 3.63) is 122 Å². The average molecular weight is 494 g/mol. The molecule has 0 fully saturated rings. The third-order valence-corrected chi connectivity index (χ3v) is 5.36. The molecule has 1 aliphatic carbocycles. The van der Waals surface area contributed by atoms with E-state index >= 15 is 0 Å². The van der Waals surface area contributed by atoms with Crippen LogP contribution in [0.25, 0.3) is 28.1 Å². The molecule has 0 aliphatic heterocycles. The summed E-state index contributed by atoms with van der Waals surface area (Å²) in [6.45, 7) is 4.56. The van der Waals surface area contributed by atoms with Gasteiger partial charge in [0.05, 0.1) is 0 Å². The fraction of sp³-hybridized carbons (Fsp3) is 0.333. The molecule has 0 unspecified atom stereocenters. The second-order valence-corrected chi connectivity index (χ2v) is 8.82. The van der Waals surface area contributed by atoms with Crippen molar-refractivity contribution in [1.29, 1.82) is 0 Å². The van der Waals surface area contributed by atoms with Gasteiger partial charge in [0.15, 0.2) is 0 Å². The molecule has 2 aromatic rings. The van der Waals surface area contributed by atoms with E-state index in [4.69, 9.17) is 0 Å². The minimum atomic E-state index is 0.411. The van der Waals surface area contributed by atoms with Crippen molar-refractivity contribution in [2.45, 2.75) is 20.3 Å². The van der Waals surface area contributed by atoms with Crippen LogP contribution in [0.2, 0.25) is 0 Å². The third-order valence-electron chi connectivity index (χ3n) is 4.04. The molecule has 0 bridgehead atoms. The maximum Gasteiger partial charge on any atom is -0.162 e. The van der Waals surface area contributed by atoms with Crippen molar-refractivity contribution in [2.24, 2.45) is 5.41 Å². The predicted molar refractivity (Wildman–Crippen MR) is 152 cm³/mol. The summed E-state index contributed by atoms with van der Waals surface area (Å²) in [6.07, 6.45) is 16.1. The number of allylic oxidation sites excluding steroid dienone is 6. The third kappa shape index (κ3) is 20.6. The minimum Gasteiger partial charge on any atom is -0.668 e. The quantitative estimate of drug-likeness (QED) is 0.303. The van der Waals surface area contributed by atoms with Gasteiger partial charge in [0.2, 0.25) is 0 Å². The standard InChI is InChI=1S/C16H14.C8H11.3C2H6N.Ti/c1-3-9-15(10-4-1)13-7-8-14-16-11-5-2-6-12-16;1-8(2)6-4-3-5-7-8;3*1-3-2;/h1-14H;3-5H,6H2,1-2H3;3*1-2H3;/q;;3*-1;+3. The van der Waals surface area contributed by atoms with Gasteiger partial charge in [-0.15, -0.1) is 0 Å². The first-order valence-electron chi connectivity index (χ1n) is 11.3. The van der Waals surface area contributed by atoms with Crippen LogP contribution in [0.15, 0.2) is 94.9 Å². The Labute approximate surface area is 221 Å². The molecule has 0 heterocycles. The van der Waals surface area contributed by atoms with Gasteiger partial charge in [-0.2, -0.15) is 42.3 Å². The first kappa shape index (κ1) is 34.2. The maximum absolute atomic E-state index is 3.50. The van der Waals surface area contributed by atoms with Crippen molar-refractivity contribution >= 4 is 12.2 Å². The van der Waals surface area contributed by atoms with Gasteiger partial charge >= 0.3 is 68.2 Å². The maximum atomic E-state index is 3.50. The SMILES string of the molecule is C(C=Cc1ccccc1)=Cc1ccccc1.CC1(C)CC=CC=[C]1[Ti+3].C[N-]C.C[N-]C.C[N-]C. The summed E-state index contributed by atoms with van der Waals surface area (Å²) in [4.78, 5) is 0. The summed E-state index contributed by atoms with van der Waals surface area (Å²) in [5.74, 6) is 0. The van der Waals surface area contributed by atoms with E-state index in [0.29, 0.717) is 5.41 Å². The van der Waals surface area contributed by atoms with Crippen molar-refractivity contribution in [3.8, 4) is 0 Å². The molecular formula is C30H43N3Ti. The molecule has 0 radical (unpaired) electrons. The van der Waals surface area contributed by atoms with Crippen LogP contribution >= 0.6 is 0 Å². The first-order valence-corrected chi connectivity index (χ1v) is 12.1. The molecule has 0 saturated heterocycles. The largest absolute Gasteiger partial charge is 0.668 e. The summed E-state index contributed by atoms with van der Waals surface area (Å²) < 4.78 is 1.49. The van der Waals surface area contributed by atoms with Crippen LogP contribution in [0.5, 0.6) is 0 Å². The predicted octanol–water partition coefficient (Wildman–Crippen LogP) is 8.68. The van der Waals surface area contributed by atoms with E-state index in [1.807, 2.05) is 36.4 Å². The minimum absolute atomic E-state index is 0.411. The molecule has 3 rings (SSSR count). The number of benzene rings is 2. The Balaban J connectivity index is 0. The fourth-order valence-corrected chi connectivity index (χ4v) is 2.63. The van der Waals surface area contributed by atoms with Gasteiger partial charge < -0.3 is 16.0 Å². The first-order chi connectivity index (χ1) is 16.3. The zero-order valence-corrected chi connectivity index (χ0v) is 23.9. The second kappa shape index (κ2) is 24.1. The van der Waals surface area contributed by atoms with E-state index in [1.54, 1.807) is 42.3 Å². The van der Waals surface area contributed by atoms with Crippen molar-refractivity contribution in [1.82, 2.24) is 0 Å². The van der Waals surface area contributed by atoms with Gasteiger partial charge in [-0.05, 0) is 11.1 Å². The summed E-state index contributed by atoms with van der Waals surface area (Å²) in [5, 5.41) is 10.5. The topological polar surface area (TPSA) is 42.3 Å². The second-order valence-electron chi connectivity index (χ2n) is 7.98. The molecule has 3 nitrogen and oxygen atoms in total. The molecule has 0 N–H and O–H groups in total. The van der Waals surface area contributed by atoms with Crippen LogP contribution in [0, 0.1) is 5.41 Å². The van der Waals surface area contributed by atoms with Gasteiger partial charge in [0.1, 0.15) is 0 Å². The van der Waals surface area contributed by atoms with Crippen molar-refractivity contribution in [3.63, 3.8) is 0 Å². The molecule has 1 aliphatic rings. The molecule has 2 aromatic carbocycles. The van der Waals surface area contributed by atoms with Crippen LogP contribution < -0.4 is 0 Å². The zero-order chi connectivity index (χ0) is 26.1. The molecule has 0 amide bonds. The van der Waals surface area contributed by atoms with Gasteiger partial charge in [-0.3, -0.25) is 0 Å². The van der Waals surface area contributed by atoms with E-state index < -0.39 is 0 Å². The smallest absolute Gasteiger partial charge is 0.162 e. The number of hydrogen-bond acceptors (Lipinski definition) is 0. The van der Waals surface area contributed by atoms with Gasteiger partial charge in [-0.1, -0.05) is 85.0 Å². The van der Waals surface area contributed by atoms with Crippen LogP contribution in [-0.2, 0) is 20.4 Å². The normalized spacial score (nSPS) is 13.2. The Morgan fingerprint density at radius 3 is 1.29 bits per heavy atom. The Morgan fingerprint density at radius 1 is 0.676 bits per heavy atom. The van der Waals surface area contributed by atoms with Crippen LogP contribution in [-0.4, -0.2) is 42.3 Å². The van der Waals surface area contributed by atoms with Gasteiger partial charge in [-0.25, -0.2) is 0 Å². The Hall–Kier alpha value is -2.01. The monoisotopic (exact) mass is 493 g/mol. The van der Waals surface area contributed by atoms with Crippen LogP contribution in [0.4, 0.5) is 0 Å². The Morgan fingerprint density at radius 2 is 1.03 bits per heavy atom. The Bertz CT molecular complexity index is 755. The Kier molecular flexibility index (Phi) is 24.2. The molecule has 4 heteroatoms. The van der Waals surface area contributed by atoms with Crippen LogP contribution in [0.3, 0.4) is 0 Å². The fourth-order valence-electron chi connectivity index (χ4n) is 2.32. The van der Waals surface area contributed by atoms with Crippen LogP contribution in [0.1, 0.15) is 31.4 Å². The molecule has 0 atom stereocenters. The summed E-state index contributed by atoms with van der Waals surface area (Å²) in [6, 6.07) is 20.6. The van der Waals surface area contributed by atoms with E-state index in [0.717, 1.165) is 0 Å². The molecular weight excluding hydrogens is 450 g/mol. The molecule has 0 aromatic heterocycles. The van der Waals surface area contributed by atoms with Gasteiger partial charge in [0.25, 0.3) is 0 Å². The summed E-state index contributed by atoms with van der Waals surface area (Å²) >= 11 is 2.20. The number of rotatable bonds is 3. The van der Waals surface area contributed by atoms with E-state index in [-0.39, 0.29) is 0 Å². The summed E-state index contributed by atoms with van der Waals surface area (Å²) in [7, 11) is 10.5. The number of nitrogens with zero attached hydrogens (tertiary/aromatic N) is 3. The number of hydrogen-bond donors (Lipinski definition) is 0. The van der Waals surface area contributed by atoms with E-state index in [9.17, 15) is 0 Å². The zero-order valence-electron chi connectivity index (χ0n) is 22.4. The molecule has 182 valence electrons. The average Bonchev–Trinajstić information content (AvgIpc) is 2.82. The van der Waals surface area contributed by atoms with Crippen molar-refractivity contribution in [2.75, 3.05) is 42.3 Å². The van der Waals surface area contributed by atoms with E-state index in [1.165, 1.54) is 21.4 Å². The summed E-state index contributed by atoms with van der Waals surface area (Å²) in [5.41, 5.74) is 2.86.